The maximum atomic E-state index is 11.4. The van der Waals surface area contributed by atoms with Crippen LogP contribution in [0.4, 0.5) is 0 Å². The summed E-state index contributed by atoms with van der Waals surface area (Å²) in [5.41, 5.74) is 0.829. The predicted molar refractivity (Wildman–Crippen MR) is 114 cm³/mol. The molecule has 2 heterocycles. The van der Waals surface area contributed by atoms with Crippen molar-refractivity contribution in [2.75, 3.05) is 26.2 Å². The van der Waals surface area contributed by atoms with Crippen molar-refractivity contribution < 1.29 is 29.3 Å². The molecule has 1 fully saturated rings. The van der Waals surface area contributed by atoms with E-state index in [1.807, 2.05) is 18.3 Å². The standard InChI is InChI=1S/C18H21Cl2N3O2.C2H2O4/c1-13(24)14-4-7-22(8-5-14)10-11-25-18-6-9-23(21-18)15-2-3-16(19)17(20)12-15;3-1(4)2(5)6/h2-3,6,9,12,14H,4-5,7-8,10-11H2,1H3;(H,3,4)(H,5,6). The van der Waals surface area contributed by atoms with E-state index in [1.54, 1.807) is 23.7 Å². The summed E-state index contributed by atoms with van der Waals surface area (Å²) in [6, 6.07) is 7.18. The first-order valence-corrected chi connectivity index (χ1v) is 10.3. The molecule has 0 radical (unpaired) electrons. The predicted octanol–water partition coefficient (Wildman–Crippen LogP) is 3.01. The minimum absolute atomic E-state index is 0.235. The van der Waals surface area contributed by atoms with E-state index in [9.17, 15) is 4.79 Å². The van der Waals surface area contributed by atoms with Crippen molar-refractivity contribution in [3.05, 3.63) is 40.5 Å². The minimum Gasteiger partial charge on any atom is -0.475 e. The van der Waals surface area contributed by atoms with Gasteiger partial charge in [0.2, 0.25) is 5.88 Å². The molecule has 1 aliphatic rings. The van der Waals surface area contributed by atoms with Gasteiger partial charge in [0.1, 0.15) is 12.4 Å². The molecule has 2 N–H and O–H groups in total. The molecule has 1 aromatic carbocycles. The molecular formula is C20H23Cl2N3O6. The summed E-state index contributed by atoms with van der Waals surface area (Å²) in [6.45, 7) is 5.00. The van der Waals surface area contributed by atoms with E-state index in [2.05, 4.69) is 10.00 Å². The van der Waals surface area contributed by atoms with Crippen LogP contribution in [0.5, 0.6) is 5.88 Å². The number of carbonyl (C=O) groups is 3. The fourth-order valence-electron chi connectivity index (χ4n) is 3.00. The fraction of sp³-hybridized carbons (Fsp3) is 0.400. The highest BCUT2D eigenvalue weighted by Gasteiger charge is 2.22. The van der Waals surface area contributed by atoms with Gasteiger partial charge in [-0.05, 0) is 51.1 Å². The monoisotopic (exact) mass is 471 g/mol. The average molecular weight is 472 g/mol. The van der Waals surface area contributed by atoms with Crippen molar-refractivity contribution in [1.82, 2.24) is 14.7 Å². The van der Waals surface area contributed by atoms with Gasteiger partial charge in [-0.15, -0.1) is 5.10 Å². The van der Waals surface area contributed by atoms with Crippen LogP contribution < -0.4 is 4.74 Å². The molecule has 0 unspecified atom stereocenters. The second-order valence-corrected chi connectivity index (χ2v) is 7.70. The molecule has 0 amide bonds. The molecule has 1 aromatic heterocycles. The summed E-state index contributed by atoms with van der Waals surface area (Å²) < 4.78 is 7.44. The Balaban J connectivity index is 0.000000501. The van der Waals surface area contributed by atoms with E-state index in [0.29, 0.717) is 28.3 Å². The van der Waals surface area contributed by atoms with Crippen LogP contribution >= 0.6 is 23.2 Å². The van der Waals surface area contributed by atoms with Gasteiger partial charge < -0.3 is 14.9 Å². The number of rotatable bonds is 6. The number of benzene rings is 1. The normalized spacial score (nSPS) is 14.4. The number of hydrogen-bond acceptors (Lipinski definition) is 6. The molecule has 11 heteroatoms. The Labute approximate surface area is 189 Å². The zero-order valence-electron chi connectivity index (χ0n) is 16.8. The average Bonchev–Trinajstić information content (AvgIpc) is 3.20. The van der Waals surface area contributed by atoms with Gasteiger partial charge in [-0.2, -0.15) is 0 Å². The van der Waals surface area contributed by atoms with E-state index in [-0.39, 0.29) is 5.92 Å². The van der Waals surface area contributed by atoms with Gasteiger partial charge in [0.05, 0.1) is 15.7 Å². The molecule has 3 rings (SSSR count). The third-order valence-corrected chi connectivity index (χ3v) is 5.47. The second kappa shape index (κ2) is 11.7. The first-order chi connectivity index (χ1) is 14.7. The molecule has 0 aliphatic carbocycles. The number of nitrogens with zero attached hydrogens (tertiary/aromatic N) is 3. The van der Waals surface area contributed by atoms with Gasteiger partial charge in [0.15, 0.2) is 0 Å². The number of piperidine rings is 1. The van der Waals surface area contributed by atoms with Gasteiger partial charge in [0.25, 0.3) is 0 Å². The number of ether oxygens (including phenoxy) is 1. The third kappa shape index (κ3) is 7.86. The zero-order chi connectivity index (χ0) is 23.0. The van der Waals surface area contributed by atoms with Crippen LogP contribution in [0.2, 0.25) is 10.0 Å². The molecule has 0 bridgehead atoms. The van der Waals surface area contributed by atoms with Crippen LogP contribution in [0.1, 0.15) is 19.8 Å². The number of carboxylic acid groups (broad SMARTS) is 2. The molecule has 31 heavy (non-hydrogen) atoms. The summed E-state index contributed by atoms with van der Waals surface area (Å²) in [5.74, 6) is -2.53. The van der Waals surface area contributed by atoms with E-state index in [4.69, 9.17) is 47.7 Å². The van der Waals surface area contributed by atoms with Crippen LogP contribution in [0.15, 0.2) is 30.5 Å². The topological polar surface area (TPSA) is 122 Å². The maximum absolute atomic E-state index is 11.4. The Morgan fingerprint density at radius 2 is 1.74 bits per heavy atom. The lowest BCUT2D eigenvalue weighted by atomic mass is 9.93. The summed E-state index contributed by atoms with van der Waals surface area (Å²) in [7, 11) is 0. The maximum Gasteiger partial charge on any atom is 0.414 e. The lowest BCUT2D eigenvalue weighted by molar-refractivity contribution is -0.159. The molecule has 168 valence electrons. The number of carbonyl (C=O) groups excluding carboxylic acids is 1. The molecule has 1 saturated heterocycles. The lowest BCUT2D eigenvalue weighted by Crippen LogP contribution is -2.38. The van der Waals surface area contributed by atoms with Crippen LogP contribution in [-0.4, -0.2) is 68.9 Å². The molecule has 9 nitrogen and oxygen atoms in total. The fourth-order valence-corrected chi connectivity index (χ4v) is 3.29. The SMILES string of the molecule is CC(=O)C1CCN(CCOc2ccn(-c3ccc(Cl)c(Cl)c3)n2)CC1.O=C(O)C(=O)O. The molecule has 0 atom stereocenters. The molecule has 0 saturated carbocycles. The van der Waals surface area contributed by atoms with Crippen molar-refractivity contribution in [2.45, 2.75) is 19.8 Å². The number of aliphatic carboxylic acids is 2. The first-order valence-electron chi connectivity index (χ1n) is 9.50. The zero-order valence-corrected chi connectivity index (χ0v) is 18.3. The molecule has 2 aromatic rings. The third-order valence-electron chi connectivity index (χ3n) is 4.74. The highest BCUT2D eigenvalue weighted by atomic mass is 35.5. The Morgan fingerprint density at radius 1 is 1.10 bits per heavy atom. The van der Waals surface area contributed by atoms with Crippen LogP contribution in [0.25, 0.3) is 5.69 Å². The van der Waals surface area contributed by atoms with Crippen molar-refractivity contribution >= 4 is 40.9 Å². The second-order valence-electron chi connectivity index (χ2n) is 6.88. The van der Waals surface area contributed by atoms with Crippen molar-refractivity contribution in [1.29, 1.82) is 0 Å². The number of Topliss-reactive ketones (excluding diaryl/α,β-unsaturated/α-hetero) is 1. The van der Waals surface area contributed by atoms with Gasteiger partial charge in [-0.1, -0.05) is 23.2 Å². The smallest absolute Gasteiger partial charge is 0.414 e. The highest BCUT2D eigenvalue weighted by Crippen LogP contribution is 2.24. The van der Waals surface area contributed by atoms with E-state index >= 15 is 0 Å². The van der Waals surface area contributed by atoms with E-state index < -0.39 is 11.9 Å². The van der Waals surface area contributed by atoms with Crippen LogP contribution in [0.3, 0.4) is 0 Å². The van der Waals surface area contributed by atoms with Crippen molar-refractivity contribution in [3.63, 3.8) is 0 Å². The number of hydrogen-bond donors (Lipinski definition) is 2. The highest BCUT2D eigenvalue weighted by molar-refractivity contribution is 6.42. The number of ketones is 1. The molecule has 1 aliphatic heterocycles. The van der Waals surface area contributed by atoms with Crippen LogP contribution in [-0.2, 0) is 14.4 Å². The lowest BCUT2D eigenvalue weighted by Gasteiger charge is -2.30. The summed E-state index contributed by atoms with van der Waals surface area (Å²) in [6.07, 6.45) is 3.72. The van der Waals surface area contributed by atoms with E-state index in [0.717, 1.165) is 38.2 Å². The van der Waals surface area contributed by atoms with Crippen molar-refractivity contribution in [3.8, 4) is 11.6 Å². The number of aromatic nitrogens is 2. The van der Waals surface area contributed by atoms with Crippen molar-refractivity contribution in [2.24, 2.45) is 5.92 Å². The Bertz CT molecular complexity index is 913. The minimum atomic E-state index is -1.82. The quantitative estimate of drug-likeness (QED) is 0.616. The van der Waals surface area contributed by atoms with Gasteiger partial charge >= 0.3 is 11.9 Å². The summed E-state index contributed by atoms with van der Waals surface area (Å²) in [4.78, 5) is 31.9. The number of halogens is 2. The van der Waals surface area contributed by atoms with E-state index in [1.165, 1.54) is 0 Å². The number of likely N-dealkylation sites (tertiary alicyclic amines) is 1. The largest absolute Gasteiger partial charge is 0.475 e. The Hall–Kier alpha value is -2.62. The number of carboxylic acids is 2. The Morgan fingerprint density at radius 3 is 2.29 bits per heavy atom. The van der Waals surface area contributed by atoms with Gasteiger partial charge in [-0.3, -0.25) is 9.69 Å². The summed E-state index contributed by atoms with van der Waals surface area (Å²) in [5, 5.41) is 20.2. The van der Waals surface area contributed by atoms with Crippen LogP contribution in [0, 0.1) is 5.92 Å². The molecule has 0 spiro atoms. The Kier molecular flexibility index (Phi) is 9.29. The summed E-state index contributed by atoms with van der Waals surface area (Å²) >= 11 is 12.0. The first kappa shape index (κ1) is 24.6. The van der Waals surface area contributed by atoms with Gasteiger partial charge in [-0.25, -0.2) is 14.3 Å². The van der Waals surface area contributed by atoms with Gasteiger partial charge in [0, 0.05) is 24.7 Å². The molecular weight excluding hydrogens is 449 g/mol.